The van der Waals surface area contributed by atoms with Crippen LogP contribution in [0.15, 0.2) is 0 Å². The second-order valence-electron chi connectivity index (χ2n) is 4.25. The molecule has 2 aliphatic rings. The SMILES string of the molecule is COC1CC(C2CC2)CCC1O. The molecule has 0 aromatic carbocycles. The average Bonchev–Trinajstić information content (AvgIpc) is 2.88. The molecule has 0 aromatic rings. The van der Waals surface area contributed by atoms with Crippen molar-refractivity contribution in [3.05, 3.63) is 0 Å². The van der Waals surface area contributed by atoms with Gasteiger partial charge in [-0.05, 0) is 43.9 Å². The predicted molar refractivity (Wildman–Crippen MR) is 46.9 cm³/mol. The summed E-state index contributed by atoms with van der Waals surface area (Å²) in [4.78, 5) is 0. The van der Waals surface area contributed by atoms with Gasteiger partial charge in [-0.2, -0.15) is 0 Å². The van der Waals surface area contributed by atoms with Gasteiger partial charge in [-0.25, -0.2) is 0 Å². The molecule has 3 atom stereocenters. The minimum Gasteiger partial charge on any atom is -0.390 e. The van der Waals surface area contributed by atoms with E-state index in [-0.39, 0.29) is 12.2 Å². The van der Waals surface area contributed by atoms with Crippen LogP contribution in [0.3, 0.4) is 0 Å². The summed E-state index contributed by atoms with van der Waals surface area (Å²) in [6.45, 7) is 0. The van der Waals surface area contributed by atoms with Gasteiger partial charge in [-0.1, -0.05) is 0 Å². The molecular formula is C10H18O2. The van der Waals surface area contributed by atoms with Gasteiger partial charge >= 0.3 is 0 Å². The molecule has 2 saturated carbocycles. The minimum atomic E-state index is -0.204. The van der Waals surface area contributed by atoms with Crippen molar-refractivity contribution < 1.29 is 9.84 Å². The fourth-order valence-corrected chi connectivity index (χ4v) is 2.39. The van der Waals surface area contributed by atoms with Crippen molar-refractivity contribution >= 4 is 0 Å². The standard InChI is InChI=1S/C10H18O2/c1-12-10-6-8(7-2-3-7)4-5-9(10)11/h7-11H,2-6H2,1H3. The maximum absolute atomic E-state index is 9.56. The number of aliphatic hydroxyl groups excluding tert-OH is 1. The van der Waals surface area contributed by atoms with E-state index in [1.54, 1.807) is 7.11 Å². The molecule has 12 heavy (non-hydrogen) atoms. The Morgan fingerprint density at radius 2 is 1.75 bits per heavy atom. The first-order chi connectivity index (χ1) is 5.81. The van der Waals surface area contributed by atoms with Gasteiger partial charge in [0, 0.05) is 7.11 Å². The minimum absolute atomic E-state index is 0.115. The van der Waals surface area contributed by atoms with Gasteiger partial charge in [-0.3, -0.25) is 0 Å². The van der Waals surface area contributed by atoms with E-state index in [0.717, 1.165) is 24.7 Å². The van der Waals surface area contributed by atoms with Gasteiger partial charge < -0.3 is 9.84 Å². The van der Waals surface area contributed by atoms with Crippen LogP contribution >= 0.6 is 0 Å². The fraction of sp³-hybridized carbons (Fsp3) is 1.00. The molecule has 2 rings (SSSR count). The van der Waals surface area contributed by atoms with Gasteiger partial charge in [0.1, 0.15) is 0 Å². The van der Waals surface area contributed by atoms with Crippen LogP contribution in [0.4, 0.5) is 0 Å². The van der Waals surface area contributed by atoms with Gasteiger partial charge in [0.15, 0.2) is 0 Å². The van der Waals surface area contributed by atoms with Crippen LogP contribution in [0.5, 0.6) is 0 Å². The Kier molecular flexibility index (Phi) is 2.37. The normalized spacial score (nSPS) is 43.0. The first-order valence-corrected chi connectivity index (χ1v) is 5.02. The summed E-state index contributed by atoms with van der Waals surface area (Å²) in [6, 6.07) is 0. The van der Waals surface area contributed by atoms with E-state index in [1.807, 2.05) is 0 Å². The van der Waals surface area contributed by atoms with E-state index in [4.69, 9.17) is 4.74 Å². The molecule has 0 aromatic heterocycles. The van der Waals surface area contributed by atoms with Crippen LogP contribution in [0.2, 0.25) is 0 Å². The molecular weight excluding hydrogens is 152 g/mol. The lowest BCUT2D eigenvalue weighted by Crippen LogP contribution is -2.35. The largest absolute Gasteiger partial charge is 0.390 e. The lowest BCUT2D eigenvalue weighted by molar-refractivity contribution is -0.0531. The van der Waals surface area contributed by atoms with E-state index in [2.05, 4.69) is 0 Å². The molecule has 1 N–H and O–H groups in total. The van der Waals surface area contributed by atoms with Crippen molar-refractivity contribution in [1.29, 1.82) is 0 Å². The van der Waals surface area contributed by atoms with Gasteiger partial charge in [0.2, 0.25) is 0 Å². The predicted octanol–water partition coefficient (Wildman–Crippen LogP) is 1.57. The molecule has 0 aliphatic heterocycles. The maximum Gasteiger partial charge on any atom is 0.0832 e. The Morgan fingerprint density at radius 1 is 1.08 bits per heavy atom. The molecule has 0 spiro atoms. The average molecular weight is 170 g/mol. The first kappa shape index (κ1) is 8.52. The monoisotopic (exact) mass is 170 g/mol. The third kappa shape index (κ3) is 1.64. The topological polar surface area (TPSA) is 29.5 Å². The molecule has 0 radical (unpaired) electrons. The summed E-state index contributed by atoms with van der Waals surface area (Å²) in [7, 11) is 1.71. The molecule has 2 fully saturated rings. The van der Waals surface area contributed by atoms with Gasteiger partial charge in [-0.15, -0.1) is 0 Å². The highest BCUT2D eigenvalue weighted by molar-refractivity contribution is 4.88. The smallest absolute Gasteiger partial charge is 0.0832 e. The Bertz CT molecular complexity index is 154. The lowest BCUT2D eigenvalue weighted by Gasteiger charge is -2.32. The van der Waals surface area contributed by atoms with Crippen molar-refractivity contribution in [3.8, 4) is 0 Å². The zero-order valence-corrected chi connectivity index (χ0v) is 7.70. The summed E-state index contributed by atoms with van der Waals surface area (Å²) < 4.78 is 5.26. The lowest BCUT2D eigenvalue weighted by atomic mass is 9.82. The third-order valence-corrected chi connectivity index (χ3v) is 3.39. The summed E-state index contributed by atoms with van der Waals surface area (Å²) >= 11 is 0. The van der Waals surface area contributed by atoms with E-state index in [1.165, 1.54) is 19.3 Å². The van der Waals surface area contributed by atoms with E-state index < -0.39 is 0 Å². The highest BCUT2D eigenvalue weighted by Gasteiger charge is 2.37. The zero-order chi connectivity index (χ0) is 8.55. The molecule has 3 unspecified atom stereocenters. The summed E-state index contributed by atoms with van der Waals surface area (Å²) in [5.74, 6) is 1.81. The Labute approximate surface area is 73.9 Å². The molecule has 2 heteroatoms. The van der Waals surface area contributed by atoms with Crippen LogP contribution in [0, 0.1) is 11.8 Å². The van der Waals surface area contributed by atoms with Gasteiger partial charge in [0.05, 0.1) is 12.2 Å². The molecule has 0 heterocycles. The van der Waals surface area contributed by atoms with Crippen molar-refractivity contribution in [2.45, 2.75) is 44.3 Å². The number of ether oxygens (including phenoxy) is 1. The number of hydrogen-bond acceptors (Lipinski definition) is 2. The fourth-order valence-electron chi connectivity index (χ4n) is 2.39. The van der Waals surface area contributed by atoms with Crippen molar-refractivity contribution in [1.82, 2.24) is 0 Å². The zero-order valence-electron chi connectivity index (χ0n) is 7.70. The number of hydrogen-bond donors (Lipinski definition) is 1. The van der Waals surface area contributed by atoms with Gasteiger partial charge in [0.25, 0.3) is 0 Å². The first-order valence-electron chi connectivity index (χ1n) is 5.02. The molecule has 2 nitrogen and oxygen atoms in total. The van der Waals surface area contributed by atoms with Crippen LogP contribution in [0.1, 0.15) is 32.1 Å². The van der Waals surface area contributed by atoms with E-state index >= 15 is 0 Å². The molecule has 0 saturated heterocycles. The van der Waals surface area contributed by atoms with Crippen LogP contribution in [0.25, 0.3) is 0 Å². The third-order valence-electron chi connectivity index (χ3n) is 3.39. The van der Waals surface area contributed by atoms with Crippen LogP contribution < -0.4 is 0 Å². The van der Waals surface area contributed by atoms with Crippen molar-refractivity contribution in [2.75, 3.05) is 7.11 Å². The highest BCUT2D eigenvalue weighted by Crippen LogP contribution is 2.44. The second kappa shape index (κ2) is 3.35. The summed E-state index contributed by atoms with van der Waals surface area (Å²) in [5, 5.41) is 9.56. The molecule has 0 bridgehead atoms. The van der Waals surface area contributed by atoms with Crippen molar-refractivity contribution in [2.24, 2.45) is 11.8 Å². The highest BCUT2D eigenvalue weighted by atomic mass is 16.5. The molecule has 0 amide bonds. The van der Waals surface area contributed by atoms with Crippen LogP contribution in [-0.2, 0) is 4.74 Å². The molecule has 2 aliphatic carbocycles. The quantitative estimate of drug-likeness (QED) is 0.681. The van der Waals surface area contributed by atoms with E-state index in [0.29, 0.717) is 0 Å². The number of aliphatic hydroxyl groups is 1. The Hall–Kier alpha value is -0.0800. The second-order valence-corrected chi connectivity index (χ2v) is 4.25. The summed E-state index contributed by atoms with van der Waals surface area (Å²) in [6.07, 6.45) is 5.98. The van der Waals surface area contributed by atoms with Crippen molar-refractivity contribution in [3.63, 3.8) is 0 Å². The Balaban J connectivity index is 1.87. The van der Waals surface area contributed by atoms with Crippen LogP contribution in [-0.4, -0.2) is 24.4 Å². The summed E-state index contributed by atoms with van der Waals surface area (Å²) in [5.41, 5.74) is 0. The molecule has 70 valence electrons. The number of methoxy groups -OCH3 is 1. The maximum atomic E-state index is 9.56. The number of rotatable bonds is 2. The van der Waals surface area contributed by atoms with E-state index in [9.17, 15) is 5.11 Å². The Morgan fingerprint density at radius 3 is 2.33 bits per heavy atom.